The molecule has 0 aliphatic heterocycles. The molecule has 0 N–H and O–H groups in total. The maximum atomic E-state index is 6.10. The number of ether oxygens (including phenoxy) is 1. The van der Waals surface area contributed by atoms with Crippen molar-refractivity contribution < 1.29 is 4.74 Å². The number of aromatic nitrogens is 3. The quantitative estimate of drug-likeness (QED) is 0.373. The summed E-state index contributed by atoms with van der Waals surface area (Å²) in [6.07, 6.45) is 0.818. The summed E-state index contributed by atoms with van der Waals surface area (Å²) in [7, 11) is 0. The average molecular weight is 436 g/mol. The molecule has 28 heavy (non-hydrogen) atoms. The zero-order chi connectivity index (χ0) is 20.1. The number of hydrogen-bond donors (Lipinski definition) is 0. The smallest absolute Gasteiger partial charge is 0.191 e. The minimum absolute atomic E-state index is 0.195. The van der Waals surface area contributed by atoms with E-state index in [1.54, 1.807) is 11.8 Å². The van der Waals surface area contributed by atoms with Crippen molar-refractivity contribution in [2.24, 2.45) is 0 Å². The van der Waals surface area contributed by atoms with Crippen molar-refractivity contribution in [2.75, 3.05) is 0 Å². The molecule has 0 radical (unpaired) electrons. The highest BCUT2D eigenvalue weighted by Gasteiger charge is 2.19. The topological polar surface area (TPSA) is 39.9 Å². The molecule has 3 rings (SSSR count). The van der Waals surface area contributed by atoms with Crippen molar-refractivity contribution >= 4 is 35.0 Å². The molecule has 0 saturated heterocycles. The number of halogens is 2. The van der Waals surface area contributed by atoms with Crippen molar-refractivity contribution in [2.45, 2.75) is 50.8 Å². The van der Waals surface area contributed by atoms with Gasteiger partial charge in [-0.25, -0.2) is 0 Å². The molecule has 0 spiro atoms. The van der Waals surface area contributed by atoms with Crippen LogP contribution in [0.3, 0.4) is 0 Å². The van der Waals surface area contributed by atoms with Crippen molar-refractivity contribution in [1.29, 1.82) is 0 Å². The van der Waals surface area contributed by atoms with Crippen LogP contribution in [0.2, 0.25) is 10.0 Å². The Balaban J connectivity index is 1.70. The molecule has 0 fully saturated rings. The number of aryl methyl sites for hydroxylation is 1. The Morgan fingerprint density at radius 2 is 1.71 bits per heavy atom. The molecule has 0 unspecified atom stereocenters. The molecule has 3 aromatic rings. The van der Waals surface area contributed by atoms with Crippen molar-refractivity contribution in [3.63, 3.8) is 0 Å². The van der Waals surface area contributed by atoms with Gasteiger partial charge in [0.2, 0.25) is 0 Å². The summed E-state index contributed by atoms with van der Waals surface area (Å²) in [6, 6.07) is 13.9. The van der Waals surface area contributed by atoms with Crippen LogP contribution in [-0.2, 0) is 18.7 Å². The Morgan fingerprint density at radius 1 is 1.00 bits per heavy atom. The summed E-state index contributed by atoms with van der Waals surface area (Å²) in [5.41, 5.74) is 2.38. The van der Waals surface area contributed by atoms with Gasteiger partial charge in [-0.1, -0.05) is 60.1 Å². The normalized spacial score (nSPS) is 12.2. The number of hydrogen-bond acceptors (Lipinski definition) is 4. The molecule has 148 valence electrons. The minimum Gasteiger partial charge on any atom is -0.483 e. The lowest BCUT2D eigenvalue weighted by atomic mass is 10.2. The van der Waals surface area contributed by atoms with Gasteiger partial charge in [0, 0.05) is 12.3 Å². The maximum Gasteiger partial charge on any atom is 0.191 e. The molecule has 0 aliphatic rings. The second kappa shape index (κ2) is 9.68. The molecule has 0 saturated carbocycles. The van der Waals surface area contributed by atoms with Gasteiger partial charge in [0.15, 0.2) is 17.1 Å². The SMILES string of the molecule is CCc1ccc(O[C@H](C)c2nnc(SCc3ccc(Cl)c(Cl)c3)n2CC)cc1. The van der Waals surface area contributed by atoms with Gasteiger partial charge >= 0.3 is 0 Å². The first-order valence-electron chi connectivity index (χ1n) is 9.27. The molecule has 0 bridgehead atoms. The lowest BCUT2D eigenvalue weighted by Gasteiger charge is -2.16. The largest absolute Gasteiger partial charge is 0.483 e. The number of benzene rings is 2. The Morgan fingerprint density at radius 3 is 2.36 bits per heavy atom. The van der Waals surface area contributed by atoms with Crippen LogP contribution in [0.15, 0.2) is 47.6 Å². The summed E-state index contributed by atoms with van der Waals surface area (Å²) in [5, 5.41) is 10.7. The third-order valence-corrected chi connectivity index (χ3v) is 6.20. The molecular weight excluding hydrogens is 413 g/mol. The van der Waals surface area contributed by atoms with Crippen LogP contribution in [-0.4, -0.2) is 14.8 Å². The van der Waals surface area contributed by atoms with Gasteiger partial charge < -0.3 is 9.30 Å². The molecule has 1 heterocycles. The lowest BCUT2D eigenvalue weighted by Crippen LogP contribution is -2.12. The van der Waals surface area contributed by atoms with Gasteiger partial charge in [-0.15, -0.1) is 10.2 Å². The van der Waals surface area contributed by atoms with Gasteiger partial charge in [0.1, 0.15) is 5.75 Å². The molecule has 4 nitrogen and oxygen atoms in total. The van der Waals surface area contributed by atoms with Gasteiger partial charge in [-0.3, -0.25) is 0 Å². The second-order valence-electron chi connectivity index (χ2n) is 6.38. The summed E-state index contributed by atoms with van der Waals surface area (Å²) >= 11 is 13.7. The number of rotatable bonds is 8. The standard InChI is InChI=1S/C21H23Cl2N3OS/c1-4-15-6-9-17(10-7-15)27-14(3)20-24-25-21(26(20)5-2)28-13-16-8-11-18(22)19(23)12-16/h6-12,14H,4-5,13H2,1-3H3/t14-/m1/s1. The van der Waals surface area contributed by atoms with Gasteiger partial charge in [0.05, 0.1) is 10.0 Å². The summed E-state index contributed by atoms with van der Waals surface area (Å²) < 4.78 is 8.17. The zero-order valence-corrected chi connectivity index (χ0v) is 18.5. The van der Waals surface area contributed by atoms with Crippen LogP contribution in [0.5, 0.6) is 5.75 Å². The highest BCUT2D eigenvalue weighted by molar-refractivity contribution is 7.98. The molecule has 0 aliphatic carbocycles. The fourth-order valence-corrected chi connectivity index (χ4v) is 4.12. The Kier molecular flexibility index (Phi) is 7.27. The van der Waals surface area contributed by atoms with Crippen molar-refractivity contribution in [3.05, 3.63) is 69.5 Å². The van der Waals surface area contributed by atoms with Gasteiger partial charge in [0.25, 0.3) is 0 Å². The van der Waals surface area contributed by atoms with E-state index in [9.17, 15) is 0 Å². The fourth-order valence-electron chi connectivity index (χ4n) is 2.84. The van der Waals surface area contributed by atoms with E-state index in [0.717, 1.165) is 41.0 Å². The lowest BCUT2D eigenvalue weighted by molar-refractivity contribution is 0.210. The van der Waals surface area contributed by atoms with E-state index in [1.165, 1.54) is 5.56 Å². The Bertz CT molecular complexity index is 928. The van der Waals surface area contributed by atoms with Crippen LogP contribution in [0.4, 0.5) is 0 Å². The highest BCUT2D eigenvalue weighted by atomic mass is 35.5. The zero-order valence-electron chi connectivity index (χ0n) is 16.2. The van der Waals surface area contributed by atoms with Crippen LogP contribution in [0.25, 0.3) is 0 Å². The molecule has 2 aromatic carbocycles. The van der Waals surface area contributed by atoms with E-state index in [2.05, 4.69) is 40.7 Å². The summed E-state index contributed by atoms with van der Waals surface area (Å²) in [5.74, 6) is 2.39. The maximum absolute atomic E-state index is 6.10. The van der Waals surface area contributed by atoms with E-state index >= 15 is 0 Å². The van der Waals surface area contributed by atoms with E-state index in [1.807, 2.05) is 37.3 Å². The van der Waals surface area contributed by atoms with E-state index in [-0.39, 0.29) is 6.10 Å². The van der Waals surface area contributed by atoms with Crippen LogP contribution in [0, 0.1) is 0 Å². The van der Waals surface area contributed by atoms with Gasteiger partial charge in [-0.2, -0.15) is 0 Å². The summed E-state index contributed by atoms with van der Waals surface area (Å²) in [6.45, 7) is 6.99. The van der Waals surface area contributed by atoms with Crippen molar-refractivity contribution in [1.82, 2.24) is 14.8 Å². The minimum atomic E-state index is -0.195. The van der Waals surface area contributed by atoms with Crippen LogP contribution in [0.1, 0.15) is 43.8 Å². The molecular formula is C21H23Cl2N3OS. The molecule has 1 atom stereocenters. The van der Waals surface area contributed by atoms with E-state index < -0.39 is 0 Å². The van der Waals surface area contributed by atoms with Crippen molar-refractivity contribution in [3.8, 4) is 5.75 Å². The Labute approximate surface area is 180 Å². The van der Waals surface area contributed by atoms with E-state index in [0.29, 0.717) is 10.0 Å². The molecule has 7 heteroatoms. The van der Waals surface area contributed by atoms with Gasteiger partial charge in [-0.05, 0) is 55.7 Å². The van der Waals surface area contributed by atoms with Crippen LogP contribution < -0.4 is 4.74 Å². The third-order valence-electron chi connectivity index (χ3n) is 4.42. The predicted molar refractivity (Wildman–Crippen MR) is 117 cm³/mol. The van der Waals surface area contributed by atoms with E-state index in [4.69, 9.17) is 27.9 Å². The average Bonchev–Trinajstić information content (AvgIpc) is 3.12. The number of thioether (sulfide) groups is 1. The van der Waals surface area contributed by atoms with Crippen LogP contribution >= 0.6 is 35.0 Å². The number of nitrogens with zero attached hydrogens (tertiary/aromatic N) is 3. The monoisotopic (exact) mass is 435 g/mol. The first-order valence-corrected chi connectivity index (χ1v) is 11.0. The third kappa shape index (κ3) is 5.02. The molecule has 1 aromatic heterocycles. The first-order chi connectivity index (χ1) is 13.5. The summed E-state index contributed by atoms with van der Waals surface area (Å²) in [4.78, 5) is 0. The molecule has 0 amide bonds. The fraction of sp³-hybridized carbons (Fsp3) is 0.333. The second-order valence-corrected chi connectivity index (χ2v) is 8.14. The Hall–Kier alpha value is -1.69. The predicted octanol–water partition coefficient (Wildman–Crippen LogP) is 6.60. The first kappa shape index (κ1) is 21.0. The highest BCUT2D eigenvalue weighted by Crippen LogP contribution is 2.29.